The molecular weight excluding hydrogens is 253 g/mol. The molecule has 0 saturated heterocycles. The fourth-order valence-corrected chi connectivity index (χ4v) is 2.57. The summed E-state index contributed by atoms with van der Waals surface area (Å²) < 4.78 is 12.9. The minimum atomic E-state index is -0.224. The number of rotatable bonds is 6. The van der Waals surface area contributed by atoms with Crippen molar-refractivity contribution in [3.05, 3.63) is 35.6 Å². The zero-order chi connectivity index (χ0) is 14.7. The molecule has 1 aliphatic rings. The van der Waals surface area contributed by atoms with Crippen LogP contribution in [-0.4, -0.2) is 11.9 Å². The summed E-state index contributed by atoms with van der Waals surface area (Å²) in [5.41, 5.74) is 1.07. The number of nitrogens with one attached hydrogen (secondary N) is 1. The van der Waals surface area contributed by atoms with Gasteiger partial charge in [0.05, 0.1) is 0 Å². The van der Waals surface area contributed by atoms with E-state index in [1.807, 2.05) is 0 Å². The molecule has 0 spiro atoms. The maximum Gasteiger partial charge on any atom is 0.223 e. The first-order chi connectivity index (χ1) is 9.47. The number of hydrogen-bond acceptors (Lipinski definition) is 1. The smallest absolute Gasteiger partial charge is 0.223 e. The second-order valence-corrected chi connectivity index (χ2v) is 6.38. The van der Waals surface area contributed by atoms with Crippen molar-refractivity contribution in [2.24, 2.45) is 11.8 Å². The fraction of sp³-hybridized carbons (Fsp3) is 0.588. The Hall–Kier alpha value is -1.38. The van der Waals surface area contributed by atoms with Crippen LogP contribution in [0.3, 0.4) is 0 Å². The first-order valence-corrected chi connectivity index (χ1v) is 7.53. The van der Waals surface area contributed by atoms with Crippen LogP contribution >= 0.6 is 0 Å². The topological polar surface area (TPSA) is 29.1 Å². The van der Waals surface area contributed by atoms with E-state index in [1.54, 1.807) is 12.1 Å². The first kappa shape index (κ1) is 15.0. The van der Waals surface area contributed by atoms with Crippen molar-refractivity contribution >= 4 is 5.91 Å². The van der Waals surface area contributed by atoms with Gasteiger partial charge in [0.2, 0.25) is 5.91 Å². The lowest BCUT2D eigenvalue weighted by Crippen LogP contribution is -2.34. The Kier molecular flexibility index (Phi) is 4.79. The number of halogens is 1. The van der Waals surface area contributed by atoms with Gasteiger partial charge < -0.3 is 5.32 Å². The lowest BCUT2D eigenvalue weighted by Gasteiger charge is -2.15. The van der Waals surface area contributed by atoms with Crippen LogP contribution < -0.4 is 5.32 Å². The largest absolute Gasteiger partial charge is 0.353 e. The van der Waals surface area contributed by atoms with E-state index in [9.17, 15) is 9.18 Å². The summed E-state index contributed by atoms with van der Waals surface area (Å²) in [6, 6.07) is 6.74. The molecule has 0 heterocycles. The van der Waals surface area contributed by atoms with Gasteiger partial charge in [-0.2, -0.15) is 0 Å². The lowest BCUT2D eigenvalue weighted by atomic mass is 10.0. The van der Waals surface area contributed by atoms with Crippen molar-refractivity contribution in [2.75, 3.05) is 0 Å². The van der Waals surface area contributed by atoms with E-state index >= 15 is 0 Å². The van der Waals surface area contributed by atoms with Gasteiger partial charge in [-0.3, -0.25) is 4.79 Å². The van der Waals surface area contributed by atoms with Crippen molar-refractivity contribution in [1.29, 1.82) is 0 Å². The molecule has 3 atom stereocenters. The number of carbonyl (C=O) groups is 1. The minimum absolute atomic E-state index is 0.0713. The second-order valence-electron chi connectivity index (χ2n) is 6.38. The quantitative estimate of drug-likeness (QED) is 0.840. The van der Waals surface area contributed by atoms with E-state index in [0.717, 1.165) is 24.8 Å². The van der Waals surface area contributed by atoms with Gasteiger partial charge in [-0.25, -0.2) is 4.39 Å². The fourth-order valence-electron chi connectivity index (χ4n) is 2.57. The second kappa shape index (κ2) is 6.38. The molecule has 3 unspecified atom stereocenters. The van der Waals surface area contributed by atoms with E-state index in [0.29, 0.717) is 5.92 Å². The summed E-state index contributed by atoms with van der Waals surface area (Å²) in [4.78, 5) is 12.1. The van der Waals surface area contributed by atoms with Gasteiger partial charge in [0.15, 0.2) is 0 Å². The molecule has 1 N–H and O–H groups in total. The van der Waals surface area contributed by atoms with Gasteiger partial charge >= 0.3 is 0 Å². The van der Waals surface area contributed by atoms with E-state index in [-0.39, 0.29) is 29.6 Å². The first-order valence-electron chi connectivity index (χ1n) is 7.53. The average Bonchev–Trinajstić information content (AvgIpc) is 3.17. The molecule has 1 saturated carbocycles. The normalized spacial score (nSPS) is 22.6. The molecule has 0 aliphatic heterocycles. The molecule has 1 amide bonds. The van der Waals surface area contributed by atoms with E-state index in [2.05, 4.69) is 26.1 Å². The van der Waals surface area contributed by atoms with Crippen molar-refractivity contribution in [3.63, 3.8) is 0 Å². The Balaban J connectivity index is 1.79. The molecule has 1 aromatic carbocycles. The highest BCUT2D eigenvalue weighted by Crippen LogP contribution is 2.47. The highest BCUT2D eigenvalue weighted by atomic mass is 19.1. The Labute approximate surface area is 120 Å². The summed E-state index contributed by atoms with van der Waals surface area (Å²) in [6.45, 7) is 6.45. The summed E-state index contributed by atoms with van der Waals surface area (Å²) in [6.07, 6.45) is 3.04. The maximum absolute atomic E-state index is 12.9. The zero-order valence-electron chi connectivity index (χ0n) is 12.5. The third-order valence-electron chi connectivity index (χ3n) is 3.99. The van der Waals surface area contributed by atoms with Crippen molar-refractivity contribution < 1.29 is 9.18 Å². The van der Waals surface area contributed by atoms with E-state index in [1.165, 1.54) is 12.1 Å². The molecule has 0 radical (unpaired) electrons. The van der Waals surface area contributed by atoms with Crippen LogP contribution in [0.1, 0.15) is 51.5 Å². The number of benzene rings is 1. The molecule has 2 rings (SSSR count). The van der Waals surface area contributed by atoms with Crippen LogP contribution in [-0.2, 0) is 4.79 Å². The number of carbonyl (C=O) groups excluding carboxylic acids is 1. The van der Waals surface area contributed by atoms with Gasteiger partial charge in [-0.1, -0.05) is 26.0 Å². The molecule has 110 valence electrons. The zero-order valence-corrected chi connectivity index (χ0v) is 12.5. The van der Waals surface area contributed by atoms with Gasteiger partial charge in [0, 0.05) is 12.0 Å². The molecule has 3 heteroatoms. The molecular formula is C17H24FNO. The van der Waals surface area contributed by atoms with Gasteiger partial charge in [0.1, 0.15) is 5.82 Å². The minimum Gasteiger partial charge on any atom is -0.353 e. The van der Waals surface area contributed by atoms with Crippen LogP contribution in [0, 0.1) is 17.7 Å². The summed E-state index contributed by atoms with van der Waals surface area (Å²) >= 11 is 0. The molecule has 0 bridgehead atoms. The van der Waals surface area contributed by atoms with Crippen molar-refractivity contribution in [3.8, 4) is 0 Å². The summed E-state index contributed by atoms with van der Waals surface area (Å²) in [5, 5.41) is 3.10. The van der Waals surface area contributed by atoms with Gasteiger partial charge in [0.25, 0.3) is 0 Å². The third kappa shape index (κ3) is 4.06. The molecule has 20 heavy (non-hydrogen) atoms. The van der Waals surface area contributed by atoms with Crippen LogP contribution in [0.15, 0.2) is 24.3 Å². The number of hydrogen-bond donors (Lipinski definition) is 1. The van der Waals surface area contributed by atoms with Gasteiger partial charge in [-0.05, 0) is 55.7 Å². The summed E-state index contributed by atoms with van der Waals surface area (Å²) in [5.74, 6) is 0.936. The Morgan fingerprint density at radius 3 is 2.50 bits per heavy atom. The SMILES string of the molecule is CC(C)CCC(C)NC(=O)C1CC1c1ccc(F)cc1. The van der Waals surface area contributed by atoms with Crippen LogP contribution in [0.5, 0.6) is 0 Å². The molecule has 2 nitrogen and oxygen atoms in total. The lowest BCUT2D eigenvalue weighted by molar-refractivity contribution is -0.123. The Bertz CT molecular complexity index is 455. The monoisotopic (exact) mass is 277 g/mol. The maximum atomic E-state index is 12.9. The average molecular weight is 277 g/mol. The van der Waals surface area contributed by atoms with E-state index in [4.69, 9.17) is 0 Å². The molecule has 1 aromatic rings. The Morgan fingerprint density at radius 1 is 1.25 bits per heavy atom. The predicted octanol–water partition coefficient (Wildman–Crippen LogP) is 3.87. The molecule has 1 fully saturated rings. The molecule has 0 aromatic heterocycles. The Morgan fingerprint density at radius 2 is 1.90 bits per heavy atom. The van der Waals surface area contributed by atoms with Crippen molar-refractivity contribution in [1.82, 2.24) is 5.32 Å². The van der Waals surface area contributed by atoms with Crippen LogP contribution in [0.2, 0.25) is 0 Å². The standard InChI is InChI=1S/C17H24FNO/c1-11(2)4-5-12(3)19-17(20)16-10-15(16)13-6-8-14(18)9-7-13/h6-9,11-12,15-16H,4-5,10H2,1-3H3,(H,19,20). The van der Waals surface area contributed by atoms with Gasteiger partial charge in [-0.15, -0.1) is 0 Å². The third-order valence-corrected chi connectivity index (χ3v) is 3.99. The van der Waals surface area contributed by atoms with Crippen molar-refractivity contribution in [2.45, 2.75) is 52.0 Å². The van der Waals surface area contributed by atoms with Crippen LogP contribution in [0.4, 0.5) is 4.39 Å². The van der Waals surface area contributed by atoms with Crippen LogP contribution in [0.25, 0.3) is 0 Å². The number of amides is 1. The molecule has 1 aliphatic carbocycles. The van der Waals surface area contributed by atoms with E-state index < -0.39 is 0 Å². The highest BCUT2D eigenvalue weighted by Gasteiger charge is 2.44. The predicted molar refractivity (Wildman–Crippen MR) is 78.9 cm³/mol. The summed E-state index contributed by atoms with van der Waals surface area (Å²) in [7, 11) is 0. The highest BCUT2D eigenvalue weighted by molar-refractivity contribution is 5.83.